The smallest absolute Gasteiger partial charge is 0.138 e. The van der Waals surface area contributed by atoms with E-state index in [9.17, 15) is 5.11 Å². The van der Waals surface area contributed by atoms with Gasteiger partial charge in [-0.05, 0) is 55.8 Å². The van der Waals surface area contributed by atoms with E-state index in [0.717, 1.165) is 24.5 Å². The largest absolute Gasteiger partial charge is 0.506 e. The van der Waals surface area contributed by atoms with Crippen LogP contribution in [0.5, 0.6) is 5.75 Å². The van der Waals surface area contributed by atoms with Gasteiger partial charge in [0.2, 0.25) is 0 Å². The van der Waals surface area contributed by atoms with E-state index in [-0.39, 0.29) is 5.75 Å². The quantitative estimate of drug-likeness (QED) is 0.736. The van der Waals surface area contributed by atoms with Crippen molar-refractivity contribution in [1.29, 1.82) is 0 Å². The Morgan fingerprint density at radius 1 is 0.958 bits per heavy atom. The Hall–Kier alpha value is -2.24. The Labute approximate surface area is 146 Å². The highest BCUT2D eigenvalue weighted by Gasteiger charge is 2.13. The number of hydrogen-bond acceptors (Lipinski definition) is 5. The number of thiophene rings is 1. The summed E-state index contributed by atoms with van der Waals surface area (Å²) in [7, 11) is 0. The molecule has 0 saturated carbocycles. The predicted octanol–water partition coefficient (Wildman–Crippen LogP) is 4.06. The molecule has 4 nitrogen and oxygen atoms in total. The molecule has 0 aliphatic rings. The first-order chi connectivity index (χ1) is 11.6. The fraction of sp³-hybridized carbons (Fsp3) is 0.263. The van der Waals surface area contributed by atoms with Crippen LogP contribution < -0.4 is 0 Å². The molecule has 0 aromatic carbocycles. The monoisotopic (exact) mass is 339 g/mol. The fourth-order valence-electron chi connectivity index (χ4n) is 2.64. The first kappa shape index (κ1) is 16.6. The van der Waals surface area contributed by atoms with Gasteiger partial charge in [0.25, 0.3) is 0 Å². The van der Waals surface area contributed by atoms with Crippen LogP contribution in [-0.4, -0.2) is 20.0 Å². The van der Waals surface area contributed by atoms with E-state index >= 15 is 0 Å². The van der Waals surface area contributed by atoms with E-state index in [4.69, 9.17) is 0 Å². The van der Waals surface area contributed by atoms with Gasteiger partial charge in [-0.1, -0.05) is 0 Å². The van der Waals surface area contributed by atoms with Crippen LogP contribution in [0.1, 0.15) is 26.7 Å². The maximum atomic E-state index is 10.1. The molecule has 0 amide bonds. The highest BCUT2D eigenvalue weighted by atomic mass is 32.1. The third kappa shape index (κ3) is 4.40. The number of aromatic nitrogens is 2. The third-order valence-corrected chi connectivity index (χ3v) is 4.78. The Bertz CT molecular complexity index is 801. The van der Waals surface area contributed by atoms with Crippen LogP contribution in [0.15, 0.2) is 48.8 Å². The van der Waals surface area contributed by atoms with E-state index in [1.165, 1.54) is 15.3 Å². The summed E-state index contributed by atoms with van der Waals surface area (Å²) in [4.78, 5) is 13.5. The zero-order chi connectivity index (χ0) is 16.9. The van der Waals surface area contributed by atoms with Crippen LogP contribution in [0, 0.1) is 13.8 Å². The summed E-state index contributed by atoms with van der Waals surface area (Å²) in [6.45, 7) is 6.28. The number of rotatable bonds is 6. The minimum Gasteiger partial charge on any atom is -0.506 e. The van der Waals surface area contributed by atoms with Crippen molar-refractivity contribution < 1.29 is 5.11 Å². The van der Waals surface area contributed by atoms with Crippen molar-refractivity contribution >= 4 is 11.3 Å². The van der Waals surface area contributed by atoms with Gasteiger partial charge in [0.1, 0.15) is 5.75 Å². The number of aryl methyl sites for hydroxylation is 2. The molecule has 0 atom stereocenters. The lowest BCUT2D eigenvalue weighted by atomic mass is 10.2. The van der Waals surface area contributed by atoms with Crippen LogP contribution in [0.2, 0.25) is 0 Å². The van der Waals surface area contributed by atoms with Crippen LogP contribution in [0.25, 0.3) is 0 Å². The van der Waals surface area contributed by atoms with Gasteiger partial charge in [-0.15, -0.1) is 11.3 Å². The molecule has 0 fully saturated rings. The standard InChI is InChI=1S/C19H21N3OS/c1-14-3-6-19(23)18(21-14)13-22(11-16-7-9-20-10-8-16)12-17-5-4-15(2)24-17/h3-10,23H,11-13H2,1-2H3. The van der Waals surface area contributed by atoms with Crippen molar-refractivity contribution in [3.63, 3.8) is 0 Å². The average Bonchev–Trinajstić information content (AvgIpc) is 2.97. The first-order valence-electron chi connectivity index (χ1n) is 7.92. The summed E-state index contributed by atoms with van der Waals surface area (Å²) in [5.41, 5.74) is 2.83. The van der Waals surface area contributed by atoms with Crippen LogP contribution in [0.4, 0.5) is 0 Å². The summed E-state index contributed by atoms with van der Waals surface area (Å²) in [6.07, 6.45) is 3.62. The van der Waals surface area contributed by atoms with Gasteiger partial charge in [0, 0.05) is 47.5 Å². The number of aromatic hydroxyl groups is 1. The SMILES string of the molecule is Cc1ccc(O)c(CN(Cc2ccncc2)Cc2ccc(C)s2)n1. The van der Waals surface area contributed by atoms with E-state index < -0.39 is 0 Å². The number of pyridine rings is 2. The normalized spacial score (nSPS) is 11.1. The van der Waals surface area contributed by atoms with Crippen molar-refractivity contribution in [2.75, 3.05) is 0 Å². The molecule has 24 heavy (non-hydrogen) atoms. The molecule has 0 bridgehead atoms. The second-order valence-electron chi connectivity index (χ2n) is 5.93. The second kappa shape index (κ2) is 7.55. The summed E-state index contributed by atoms with van der Waals surface area (Å²) >= 11 is 1.81. The molecule has 3 aromatic heterocycles. The second-order valence-corrected chi connectivity index (χ2v) is 7.30. The zero-order valence-corrected chi connectivity index (χ0v) is 14.8. The van der Waals surface area contributed by atoms with Crippen LogP contribution in [0.3, 0.4) is 0 Å². The number of nitrogens with zero attached hydrogens (tertiary/aromatic N) is 3. The van der Waals surface area contributed by atoms with Gasteiger partial charge < -0.3 is 5.11 Å². The lowest BCUT2D eigenvalue weighted by Gasteiger charge is -2.22. The number of hydrogen-bond donors (Lipinski definition) is 1. The molecule has 0 saturated heterocycles. The average molecular weight is 339 g/mol. The summed E-state index contributed by atoms with van der Waals surface area (Å²) < 4.78 is 0. The molecule has 3 rings (SSSR count). The molecule has 3 aromatic rings. The highest BCUT2D eigenvalue weighted by molar-refractivity contribution is 7.11. The van der Waals surface area contributed by atoms with Gasteiger partial charge in [0.05, 0.1) is 5.69 Å². The van der Waals surface area contributed by atoms with Gasteiger partial charge in [0.15, 0.2) is 0 Å². The molecule has 0 radical (unpaired) electrons. The minimum absolute atomic E-state index is 0.252. The molecule has 5 heteroatoms. The molecule has 0 aliphatic heterocycles. The molecule has 0 spiro atoms. The Morgan fingerprint density at radius 3 is 2.46 bits per heavy atom. The maximum Gasteiger partial charge on any atom is 0.138 e. The van der Waals surface area contributed by atoms with Crippen LogP contribution in [-0.2, 0) is 19.6 Å². The first-order valence-corrected chi connectivity index (χ1v) is 8.74. The summed E-state index contributed by atoms with van der Waals surface area (Å²) in [5.74, 6) is 0.252. The van der Waals surface area contributed by atoms with Crippen molar-refractivity contribution in [3.8, 4) is 5.75 Å². The van der Waals surface area contributed by atoms with E-state index in [0.29, 0.717) is 6.54 Å². The van der Waals surface area contributed by atoms with Gasteiger partial charge in [-0.2, -0.15) is 0 Å². The lowest BCUT2D eigenvalue weighted by molar-refractivity contribution is 0.243. The Kier molecular flexibility index (Phi) is 5.23. The molecular formula is C19H21N3OS. The van der Waals surface area contributed by atoms with Crippen LogP contribution >= 0.6 is 11.3 Å². The molecule has 1 N–H and O–H groups in total. The molecular weight excluding hydrogens is 318 g/mol. The van der Waals surface area contributed by atoms with Gasteiger partial charge >= 0.3 is 0 Å². The van der Waals surface area contributed by atoms with E-state index in [1.54, 1.807) is 6.07 Å². The van der Waals surface area contributed by atoms with Crippen molar-refractivity contribution in [2.45, 2.75) is 33.5 Å². The third-order valence-electron chi connectivity index (χ3n) is 3.79. The zero-order valence-electron chi connectivity index (χ0n) is 13.9. The molecule has 0 unspecified atom stereocenters. The summed E-state index contributed by atoms with van der Waals surface area (Å²) in [6, 6.07) is 11.9. The molecule has 3 heterocycles. The lowest BCUT2D eigenvalue weighted by Crippen LogP contribution is -2.22. The topological polar surface area (TPSA) is 49.2 Å². The van der Waals surface area contributed by atoms with Gasteiger partial charge in [-0.3, -0.25) is 14.9 Å². The van der Waals surface area contributed by atoms with Gasteiger partial charge in [-0.25, -0.2) is 0 Å². The highest BCUT2D eigenvalue weighted by Crippen LogP contribution is 2.22. The van der Waals surface area contributed by atoms with E-state index in [1.807, 2.05) is 48.9 Å². The maximum absolute atomic E-state index is 10.1. The predicted molar refractivity (Wildman–Crippen MR) is 96.9 cm³/mol. The Morgan fingerprint density at radius 2 is 1.75 bits per heavy atom. The van der Waals surface area contributed by atoms with Crippen molar-refractivity contribution in [1.82, 2.24) is 14.9 Å². The molecule has 124 valence electrons. The van der Waals surface area contributed by atoms with Crippen molar-refractivity contribution in [2.24, 2.45) is 0 Å². The fourth-order valence-corrected chi connectivity index (χ4v) is 3.57. The molecule has 0 aliphatic carbocycles. The van der Waals surface area contributed by atoms with E-state index in [2.05, 4.69) is 33.9 Å². The Balaban J connectivity index is 1.81. The summed E-state index contributed by atoms with van der Waals surface area (Å²) in [5, 5.41) is 10.1. The minimum atomic E-state index is 0.252. The van der Waals surface area contributed by atoms with Crippen molar-refractivity contribution in [3.05, 3.63) is 75.5 Å².